The lowest BCUT2D eigenvalue weighted by atomic mass is 9.96. The van der Waals surface area contributed by atoms with Crippen LogP contribution in [0.2, 0.25) is 5.02 Å². The molecule has 27 heavy (non-hydrogen) atoms. The quantitative estimate of drug-likeness (QED) is 0.692. The molecule has 1 unspecified atom stereocenters. The zero-order valence-corrected chi connectivity index (χ0v) is 15.3. The highest BCUT2D eigenvalue weighted by atomic mass is 35.5. The molecule has 1 saturated heterocycles. The summed E-state index contributed by atoms with van der Waals surface area (Å²) in [7, 11) is 0. The van der Waals surface area contributed by atoms with Gasteiger partial charge in [-0.05, 0) is 23.2 Å². The molecule has 1 atom stereocenters. The van der Waals surface area contributed by atoms with Crippen molar-refractivity contribution >= 4 is 17.6 Å². The molecular weight excluding hydrogens is 364 g/mol. The topological polar surface area (TPSA) is 53.0 Å². The SMILES string of the molecule is [2H]OC(=O)COCCN1CCN(C(c2c([2H])c([2H])c([2H])c([2H])c2[2H])c2c([2H])c([2H])c(Cl)c([2H])c2[2H])CC1. The molecule has 2 aromatic rings. The highest BCUT2D eigenvalue weighted by Gasteiger charge is 2.26. The van der Waals surface area contributed by atoms with Crippen molar-refractivity contribution in [1.82, 2.24) is 9.80 Å². The summed E-state index contributed by atoms with van der Waals surface area (Å²) < 4.78 is 86.3. The van der Waals surface area contributed by atoms with Crippen LogP contribution in [0.1, 0.15) is 29.5 Å². The molecule has 1 N–H and O–H groups in total. The number of piperazine rings is 1. The fourth-order valence-corrected chi connectivity index (χ4v) is 3.04. The number of aliphatic carboxylic acids is 1. The molecule has 0 aromatic heterocycles. The average molecular weight is 399 g/mol. The van der Waals surface area contributed by atoms with E-state index < -0.39 is 66.4 Å². The third-order valence-electron chi connectivity index (χ3n) is 4.22. The zero-order chi connectivity index (χ0) is 27.6. The number of hydrogen-bond acceptors (Lipinski definition) is 5. The average Bonchev–Trinajstić information content (AvgIpc) is 2.90. The Balaban J connectivity index is 2.00. The zero-order valence-electron chi connectivity index (χ0n) is 24.5. The van der Waals surface area contributed by atoms with E-state index >= 15 is 0 Å². The first-order valence-corrected chi connectivity index (χ1v) is 8.82. The minimum Gasteiger partial charge on any atom is -0.480 e. The van der Waals surface area contributed by atoms with E-state index in [0.29, 0.717) is 32.7 Å². The predicted octanol–water partition coefficient (Wildman–Crippen LogP) is 3.15. The second-order valence-electron chi connectivity index (χ2n) is 5.97. The second-order valence-corrected chi connectivity index (χ2v) is 6.35. The third-order valence-corrected chi connectivity index (χ3v) is 4.41. The van der Waals surface area contributed by atoms with Gasteiger partial charge in [-0.15, -0.1) is 0 Å². The number of rotatable bonds is 8. The van der Waals surface area contributed by atoms with E-state index in [9.17, 15) is 4.79 Å². The summed E-state index contributed by atoms with van der Waals surface area (Å²) in [5.41, 5.74) is -0.261. The van der Waals surface area contributed by atoms with Gasteiger partial charge in [0.05, 0.1) is 25.0 Å². The van der Waals surface area contributed by atoms with E-state index in [1.807, 2.05) is 4.90 Å². The number of benzene rings is 2. The number of carboxylic acids is 1. The van der Waals surface area contributed by atoms with E-state index in [0.717, 1.165) is 0 Å². The Labute approximate surface area is 179 Å². The molecule has 0 spiro atoms. The highest BCUT2D eigenvalue weighted by Crippen LogP contribution is 2.30. The fraction of sp³-hybridized carbons (Fsp3) is 0.381. The summed E-state index contributed by atoms with van der Waals surface area (Å²) in [6.45, 7) is 1.85. The maximum Gasteiger partial charge on any atom is 0.329 e. The van der Waals surface area contributed by atoms with Crippen LogP contribution in [-0.2, 0) is 9.53 Å². The number of halogens is 1. The van der Waals surface area contributed by atoms with Gasteiger partial charge in [0.1, 0.15) is 6.61 Å². The standard InChI is InChI=1S/C21H25ClN2O3/c22-19-8-6-18(7-9-19)21(17-4-2-1-3-5-17)24-12-10-23(11-13-24)14-15-27-16-20(25)26/h1-9,21H,10-16H2,(H,25,26)/i1D,2D,3D,4D,5D,6D,7D,8D,9D/hD. The Bertz CT molecular complexity index is 1070. The molecule has 6 heteroatoms. The number of carbonyl (C=O) groups is 1. The molecule has 0 amide bonds. The Kier molecular flexibility index (Phi) is 3.86. The van der Waals surface area contributed by atoms with Gasteiger partial charge in [-0.1, -0.05) is 53.9 Å². The molecule has 144 valence electrons. The Hall–Kier alpha value is -1.92. The molecule has 0 bridgehead atoms. The van der Waals surface area contributed by atoms with E-state index in [2.05, 4.69) is 5.11 Å². The molecule has 0 radical (unpaired) electrons. The minimum absolute atomic E-state index is 0.122. The lowest BCUT2D eigenvalue weighted by Crippen LogP contribution is -2.48. The fourth-order valence-electron chi connectivity index (χ4n) is 2.94. The van der Waals surface area contributed by atoms with Gasteiger partial charge in [-0.3, -0.25) is 9.80 Å². The van der Waals surface area contributed by atoms with Crippen molar-refractivity contribution in [2.45, 2.75) is 6.04 Å². The number of ether oxygens (including phenoxy) is 1. The monoisotopic (exact) mass is 398 g/mol. The van der Waals surface area contributed by atoms with Gasteiger partial charge in [-0.2, -0.15) is 0 Å². The van der Waals surface area contributed by atoms with Gasteiger partial charge in [0.2, 0.25) is 0 Å². The van der Waals surface area contributed by atoms with Crippen LogP contribution in [0.4, 0.5) is 0 Å². The van der Waals surface area contributed by atoms with Gasteiger partial charge in [-0.25, -0.2) is 4.79 Å². The predicted molar refractivity (Wildman–Crippen MR) is 106 cm³/mol. The molecule has 1 fully saturated rings. The van der Waals surface area contributed by atoms with Crippen LogP contribution in [0.5, 0.6) is 0 Å². The van der Waals surface area contributed by atoms with Gasteiger partial charge >= 0.3 is 5.97 Å². The molecular formula is C21H25ClN2O3. The van der Waals surface area contributed by atoms with Crippen LogP contribution >= 0.6 is 11.6 Å². The molecule has 1 aliphatic rings. The van der Waals surface area contributed by atoms with Gasteiger partial charge in [0, 0.05) is 37.7 Å². The van der Waals surface area contributed by atoms with E-state index in [1.165, 1.54) is 0 Å². The third kappa shape index (κ3) is 5.78. The van der Waals surface area contributed by atoms with Crippen molar-refractivity contribution in [3.05, 3.63) is 70.5 Å². The molecule has 2 aromatic carbocycles. The normalized spacial score (nSPS) is 22.0. The molecule has 1 aliphatic heterocycles. The van der Waals surface area contributed by atoms with Crippen LogP contribution in [0.15, 0.2) is 54.4 Å². The highest BCUT2D eigenvalue weighted by molar-refractivity contribution is 6.30. The van der Waals surface area contributed by atoms with Crippen LogP contribution in [-0.4, -0.2) is 66.8 Å². The molecule has 5 nitrogen and oxygen atoms in total. The van der Waals surface area contributed by atoms with Gasteiger partial charge in [0.25, 0.3) is 1.43 Å². The number of nitrogens with zero attached hydrogens (tertiary/aromatic N) is 2. The lowest BCUT2D eigenvalue weighted by Gasteiger charge is -2.39. The van der Waals surface area contributed by atoms with Gasteiger partial charge < -0.3 is 9.85 Å². The summed E-state index contributed by atoms with van der Waals surface area (Å²) >= 11 is 5.99. The number of hydrogen-bond donors (Lipinski definition) is 1. The Morgan fingerprint density at radius 1 is 1.11 bits per heavy atom. The smallest absolute Gasteiger partial charge is 0.329 e. The first-order chi connectivity index (χ1) is 17.4. The summed E-state index contributed by atoms with van der Waals surface area (Å²) in [5, 5.41) is 3.42. The van der Waals surface area contributed by atoms with Crippen LogP contribution in [0, 0.1) is 0 Å². The van der Waals surface area contributed by atoms with E-state index in [4.69, 9.17) is 30.1 Å². The molecule has 3 rings (SSSR count). The van der Waals surface area contributed by atoms with Crippen molar-refractivity contribution in [2.24, 2.45) is 0 Å². The summed E-state index contributed by atoms with van der Waals surface area (Å²) in [6, 6.07) is -5.68. The Morgan fingerprint density at radius 2 is 1.78 bits per heavy atom. The number of carboxylic acid groups (broad SMARTS) is 1. The van der Waals surface area contributed by atoms with Gasteiger partial charge in [0.15, 0.2) is 0 Å². The molecule has 0 saturated carbocycles. The summed E-state index contributed by atoms with van der Waals surface area (Å²) in [6.07, 6.45) is 0. The minimum atomic E-state index is -1.16. The lowest BCUT2D eigenvalue weighted by molar-refractivity contribution is -0.142. The van der Waals surface area contributed by atoms with Crippen molar-refractivity contribution in [2.75, 3.05) is 45.9 Å². The van der Waals surface area contributed by atoms with E-state index in [1.54, 1.807) is 4.90 Å². The maximum absolute atomic E-state index is 11.0. The second kappa shape index (κ2) is 9.85. The molecule has 0 aliphatic carbocycles. The largest absolute Gasteiger partial charge is 0.480 e. The van der Waals surface area contributed by atoms with Crippen LogP contribution in [0.3, 0.4) is 0 Å². The Morgan fingerprint density at radius 3 is 2.44 bits per heavy atom. The van der Waals surface area contributed by atoms with Crippen molar-refractivity contribution in [3.63, 3.8) is 0 Å². The maximum atomic E-state index is 11.0. The van der Waals surface area contributed by atoms with Crippen LogP contribution in [0.25, 0.3) is 1.43 Å². The van der Waals surface area contributed by atoms with Crippen LogP contribution < -0.4 is 0 Å². The van der Waals surface area contributed by atoms with Crippen molar-refractivity contribution in [3.8, 4) is 0 Å². The van der Waals surface area contributed by atoms with Crippen molar-refractivity contribution < 1.29 is 27.0 Å². The summed E-state index contributed by atoms with van der Waals surface area (Å²) in [4.78, 5) is 14.8. The summed E-state index contributed by atoms with van der Waals surface area (Å²) in [5.74, 6) is -0.811. The first-order valence-electron chi connectivity index (χ1n) is 13.4. The molecule has 1 heterocycles. The van der Waals surface area contributed by atoms with E-state index in [-0.39, 0.29) is 29.4 Å². The first kappa shape index (κ1) is 10.6. The van der Waals surface area contributed by atoms with Crippen molar-refractivity contribution in [1.29, 1.82) is 1.43 Å².